The summed E-state index contributed by atoms with van der Waals surface area (Å²) < 4.78 is 5.53. The molecule has 2 bridgehead atoms. The van der Waals surface area contributed by atoms with Crippen LogP contribution < -0.4 is 0 Å². The third-order valence-electron chi connectivity index (χ3n) is 5.76. The lowest BCUT2D eigenvalue weighted by Gasteiger charge is -2.43. The van der Waals surface area contributed by atoms with Crippen molar-refractivity contribution in [2.24, 2.45) is 0 Å². The molecule has 2 atom stereocenters. The second kappa shape index (κ2) is 8.22. The molecule has 2 saturated heterocycles. The first-order chi connectivity index (χ1) is 12.1. The van der Waals surface area contributed by atoms with Crippen LogP contribution in [0, 0.1) is 0 Å². The lowest BCUT2D eigenvalue weighted by atomic mass is 9.82. The molecule has 4 heteroatoms. The molecule has 2 aliphatic rings. The number of fused-ring (bicyclic) bond motifs is 2. The minimum Gasteiger partial charge on any atom is -0.445 e. The van der Waals surface area contributed by atoms with Gasteiger partial charge >= 0.3 is 6.09 Å². The number of piperidine rings is 1. The fourth-order valence-corrected chi connectivity index (χ4v) is 4.50. The monoisotopic (exact) mass is 345 g/mol. The lowest BCUT2D eigenvalue weighted by molar-refractivity contribution is -0.0553. The topological polar surface area (TPSA) is 49.8 Å². The van der Waals surface area contributed by atoms with E-state index in [1.54, 1.807) is 0 Å². The molecule has 1 N–H and O–H groups in total. The van der Waals surface area contributed by atoms with Gasteiger partial charge in [0.2, 0.25) is 0 Å². The van der Waals surface area contributed by atoms with E-state index in [1.807, 2.05) is 35.2 Å². The molecule has 2 unspecified atom stereocenters. The fraction of sp³-hybridized carbons (Fsp3) is 0.667. The van der Waals surface area contributed by atoms with Gasteiger partial charge in [-0.05, 0) is 37.7 Å². The third kappa shape index (κ3) is 4.55. The average molecular weight is 345 g/mol. The van der Waals surface area contributed by atoms with Crippen molar-refractivity contribution < 1.29 is 14.6 Å². The number of rotatable bonds is 7. The van der Waals surface area contributed by atoms with Gasteiger partial charge in [-0.3, -0.25) is 0 Å². The predicted molar refractivity (Wildman–Crippen MR) is 98.2 cm³/mol. The van der Waals surface area contributed by atoms with Crippen molar-refractivity contribution in [1.29, 1.82) is 0 Å². The van der Waals surface area contributed by atoms with Gasteiger partial charge in [0.1, 0.15) is 6.61 Å². The van der Waals surface area contributed by atoms with E-state index in [9.17, 15) is 9.90 Å². The highest BCUT2D eigenvalue weighted by Gasteiger charge is 2.49. The number of aliphatic hydroxyl groups is 1. The lowest BCUT2D eigenvalue weighted by Crippen LogP contribution is -2.53. The highest BCUT2D eigenvalue weighted by molar-refractivity contribution is 5.69. The first-order valence-electron chi connectivity index (χ1n) is 9.83. The van der Waals surface area contributed by atoms with Crippen LogP contribution in [0.2, 0.25) is 0 Å². The quantitative estimate of drug-likeness (QED) is 0.732. The van der Waals surface area contributed by atoms with Crippen molar-refractivity contribution >= 4 is 6.09 Å². The Morgan fingerprint density at radius 2 is 1.84 bits per heavy atom. The van der Waals surface area contributed by atoms with Crippen molar-refractivity contribution in [3.05, 3.63) is 35.9 Å². The molecule has 2 fully saturated rings. The van der Waals surface area contributed by atoms with Crippen LogP contribution in [0.25, 0.3) is 0 Å². The van der Waals surface area contributed by atoms with Gasteiger partial charge in [0.25, 0.3) is 0 Å². The molecule has 1 amide bonds. The molecule has 0 aliphatic carbocycles. The Hall–Kier alpha value is -1.55. The zero-order chi connectivity index (χ0) is 17.7. The van der Waals surface area contributed by atoms with Gasteiger partial charge < -0.3 is 14.7 Å². The first kappa shape index (κ1) is 18.2. The number of unbranched alkanes of at least 4 members (excludes halogenated alkanes) is 3. The number of hydrogen-bond donors (Lipinski definition) is 1. The maximum atomic E-state index is 12.6. The maximum absolute atomic E-state index is 12.6. The van der Waals surface area contributed by atoms with Gasteiger partial charge in [-0.15, -0.1) is 0 Å². The van der Waals surface area contributed by atoms with Crippen LogP contribution in [0.1, 0.15) is 70.3 Å². The molecule has 25 heavy (non-hydrogen) atoms. The summed E-state index contributed by atoms with van der Waals surface area (Å²) in [6.45, 7) is 2.52. The Labute approximate surface area is 151 Å². The summed E-state index contributed by atoms with van der Waals surface area (Å²) in [5.41, 5.74) is 0.420. The standard InChI is InChI=1S/C21H31NO3/c1-2-3-4-8-13-21(24)14-18-11-12-19(15-21)22(18)20(23)25-16-17-9-6-5-7-10-17/h5-7,9-10,18-19,24H,2-4,8,11-16H2,1H3. The van der Waals surface area contributed by atoms with Crippen molar-refractivity contribution in [1.82, 2.24) is 4.90 Å². The average Bonchev–Trinajstić information content (AvgIpc) is 2.90. The van der Waals surface area contributed by atoms with Crippen LogP contribution in [-0.4, -0.2) is 33.8 Å². The van der Waals surface area contributed by atoms with E-state index in [1.165, 1.54) is 19.3 Å². The van der Waals surface area contributed by atoms with E-state index in [0.717, 1.165) is 31.2 Å². The SMILES string of the molecule is CCCCCCC1(O)CC2CCC(C1)N2C(=O)OCc1ccccc1. The summed E-state index contributed by atoms with van der Waals surface area (Å²) in [5, 5.41) is 11.0. The van der Waals surface area contributed by atoms with Crippen LogP contribution in [0.5, 0.6) is 0 Å². The van der Waals surface area contributed by atoms with E-state index in [4.69, 9.17) is 4.74 Å². The van der Waals surface area contributed by atoms with E-state index in [0.29, 0.717) is 19.4 Å². The number of carbonyl (C=O) groups is 1. The third-order valence-corrected chi connectivity index (χ3v) is 5.76. The molecule has 0 spiro atoms. The van der Waals surface area contributed by atoms with Crippen molar-refractivity contribution in [2.45, 2.75) is 89.0 Å². The van der Waals surface area contributed by atoms with Crippen LogP contribution >= 0.6 is 0 Å². The molecule has 0 aromatic heterocycles. The van der Waals surface area contributed by atoms with Gasteiger partial charge in [0.15, 0.2) is 0 Å². The highest BCUT2D eigenvalue weighted by atomic mass is 16.6. The number of benzene rings is 1. The van der Waals surface area contributed by atoms with Gasteiger partial charge in [0.05, 0.1) is 5.60 Å². The summed E-state index contributed by atoms with van der Waals surface area (Å²) in [6.07, 6.45) is 8.76. The Balaban J connectivity index is 1.52. The van der Waals surface area contributed by atoms with Crippen LogP contribution in [0.3, 0.4) is 0 Å². The predicted octanol–water partition coefficient (Wildman–Crippen LogP) is 4.65. The number of amides is 1. The Morgan fingerprint density at radius 1 is 1.16 bits per heavy atom. The molecule has 0 radical (unpaired) electrons. The second-order valence-corrected chi connectivity index (χ2v) is 7.78. The summed E-state index contributed by atoms with van der Waals surface area (Å²) in [5.74, 6) is 0. The Bertz CT molecular complexity index is 546. The van der Waals surface area contributed by atoms with Crippen LogP contribution in [-0.2, 0) is 11.3 Å². The minimum absolute atomic E-state index is 0.137. The van der Waals surface area contributed by atoms with Crippen molar-refractivity contribution in [3.63, 3.8) is 0 Å². The normalized spacial score (nSPS) is 28.2. The van der Waals surface area contributed by atoms with Gasteiger partial charge in [-0.1, -0.05) is 62.9 Å². The molecular weight excluding hydrogens is 314 g/mol. The number of hydrogen-bond acceptors (Lipinski definition) is 3. The highest BCUT2D eigenvalue weighted by Crippen LogP contribution is 2.43. The maximum Gasteiger partial charge on any atom is 0.410 e. The van der Waals surface area contributed by atoms with Gasteiger partial charge in [-0.25, -0.2) is 4.79 Å². The molecule has 138 valence electrons. The Morgan fingerprint density at radius 3 is 2.48 bits per heavy atom. The number of ether oxygens (including phenoxy) is 1. The van der Waals surface area contributed by atoms with Crippen LogP contribution in [0.4, 0.5) is 4.79 Å². The minimum atomic E-state index is -0.588. The number of carbonyl (C=O) groups excluding carboxylic acids is 1. The molecule has 4 nitrogen and oxygen atoms in total. The molecule has 3 rings (SSSR count). The zero-order valence-electron chi connectivity index (χ0n) is 15.3. The largest absolute Gasteiger partial charge is 0.445 e. The smallest absolute Gasteiger partial charge is 0.410 e. The zero-order valence-corrected chi connectivity index (χ0v) is 15.3. The van der Waals surface area contributed by atoms with E-state index >= 15 is 0 Å². The molecule has 2 heterocycles. The molecular formula is C21H31NO3. The summed E-state index contributed by atoms with van der Waals surface area (Å²) in [4.78, 5) is 14.5. The summed E-state index contributed by atoms with van der Waals surface area (Å²) >= 11 is 0. The summed E-state index contributed by atoms with van der Waals surface area (Å²) in [6, 6.07) is 10.1. The van der Waals surface area contributed by atoms with Crippen LogP contribution in [0.15, 0.2) is 30.3 Å². The van der Waals surface area contributed by atoms with E-state index in [-0.39, 0.29) is 18.2 Å². The van der Waals surface area contributed by atoms with Gasteiger partial charge in [-0.2, -0.15) is 0 Å². The Kier molecular flexibility index (Phi) is 6.00. The van der Waals surface area contributed by atoms with Gasteiger partial charge in [0, 0.05) is 12.1 Å². The second-order valence-electron chi connectivity index (χ2n) is 7.78. The molecule has 0 saturated carbocycles. The first-order valence-corrected chi connectivity index (χ1v) is 9.83. The van der Waals surface area contributed by atoms with Crippen molar-refractivity contribution in [2.75, 3.05) is 0 Å². The van der Waals surface area contributed by atoms with Crippen molar-refractivity contribution in [3.8, 4) is 0 Å². The summed E-state index contributed by atoms with van der Waals surface area (Å²) in [7, 11) is 0. The number of nitrogens with zero attached hydrogens (tertiary/aromatic N) is 1. The molecule has 1 aromatic carbocycles. The van der Waals surface area contributed by atoms with E-state index in [2.05, 4.69) is 6.92 Å². The fourth-order valence-electron chi connectivity index (χ4n) is 4.50. The molecule has 2 aliphatic heterocycles. The van der Waals surface area contributed by atoms with E-state index < -0.39 is 5.60 Å². The molecule has 1 aromatic rings.